The van der Waals surface area contributed by atoms with E-state index in [0.29, 0.717) is 54.2 Å². The van der Waals surface area contributed by atoms with E-state index in [4.69, 9.17) is 0 Å². The summed E-state index contributed by atoms with van der Waals surface area (Å²) in [4.78, 5) is 24.0. The summed E-state index contributed by atoms with van der Waals surface area (Å²) in [6.07, 6.45) is 0.514. The average molecular weight is 457 g/mol. The summed E-state index contributed by atoms with van der Waals surface area (Å²) in [6.45, 7) is 8.31. The quantitative estimate of drug-likeness (QED) is 0.586. The molecule has 0 fully saturated rings. The van der Waals surface area contributed by atoms with Crippen molar-refractivity contribution in [2.75, 3.05) is 24.5 Å². The maximum Gasteiger partial charge on any atom is 0.260 e. The number of hydrogen-bond acceptors (Lipinski definition) is 5. The molecule has 0 saturated heterocycles. The molecule has 1 aliphatic heterocycles. The van der Waals surface area contributed by atoms with E-state index in [1.54, 1.807) is 44.7 Å². The van der Waals surface area contributed by atoms with Crippen LogP contribution in [0.1, 0.15) is 41.2 Å². The van der Waals surface area contributed by atoms with Crippen LogP contribution in [0.15, 0.2) is 35.2 Å². The molecule has 2 heterocycles. The summed E-state index contributed by atoms with van der Waals surface area (Å²) in [5.74, 6) is -0.941. The zero-order valence-corrected chi connectivity index (χ0v) is 19.3. The Hall–Kier alpha value is -2.91. The molecule has 0 aliphatic carbocycles. The van der Waals surface area contributed by atoms with Gasteiger partial charge in [0.05, 0.1) is 27.4 Å². The fourth-order valence-electron chi connectivity index (χ4n) is 4.07. The Morgan fingerprint density at radius 2 is 1.78 bits per heavy atom. The van der Waals surface area contributed by atoms with Crippen LogP contribution in [0, 0.1) is 19.7 Å². The SMILES string of the molecule is CCN(CC)S(=O)(=O)c1ccc2c(c1)CCN2C(=O)c1cc(F)cc2nc(C)c(C)nc12. The predicted octanol–water partition coefficient (Wildman–Crippen LogP) is 3.62. The summed E-state index contributed by atoms with van der Waals surface area (Å²) in [7, 11) is -3.59. The van der Waals surface area contributed by atoms with Crippen LogP contribution < -0.4 is 4.90 Å². The van der Waals surface area contributed by atoms with Crippen molar-refractivity contribution in [2.45, 2.75) is 39.0 Å². The maximum absolute atomic E-state index is 14.3. The minimum atomic E-state index is -3.59. The molecule has 0 unspecified atom stereocenters. The first kappa shape index (κ1) is 22.3. The normalized spacial score (nSPS) is 13.8. The Balaban J connectivity index is 1.75. The third kappa shape index (κ3) is 3.65. The highest BCUT2D eigenvalue weighted by atomic mass is 32.2. The number of carbonyl (C=O) groups excluding carboxylic acids is 1. The zero-order valence-electron chi connectivity index (χ0n) is 18.5. The number of sulfonamides is 1. The Morgan fingerprint density at radius 3 is 2.47 bits per heavy atom. The molecule has 0 saturated carbocycles. The van der Waals surface area contributed by atoms with Gasteiger partial charge in [0.2, 0.25) is 10.0 Å². The van der Waals surface area contributed by atoms with Gasteiger partial charge in [0.1, 0.15) is 11.3 Å². The van der Waals surface area contributed by atoms with E-state index in [1.807, 2.05) is 0 Å². The Bertz CT molecular complexity index is 1340. The minimum absolute atomic E-state index is 0.142. The number of halogens is 1. The molecule has 4 rings (SSSR count). The fraction of sp³-hybridized carbons (Fsp3) is 0.348. The lowest BCUT2D eigenvalue weighted by atomic mass is 10.1. The molecule has 32 heavy (non-hydrogen) atoms. The lowest BCUT2D eigenvalue weighted by Gasteiger charge is -2.20. The molecular weight excluding hydrogens is 431 g/mol. The van der Waals surface area contributed by atoms with E-state index in [0.717, 1.165) is 5.56 Å². The number of amides is 1. The van der Waals surface area contributed by atoms with Crippen LogP contribution in [0.5, 0.6) is 0 Å². The number of fused-ring (bicyclic) bond motifs is 2. The van der Waals surface area contributed by atoms with Crippen LogP contribution >= 0.6 is 0 Å². The van der Waals surface area contributed by atoms with Crippen LogP contribution in [0.4, 0.5) is 10.1 Å². The second kappa shape index (κ2) is 8.22. The van der Waals surface area contributed by atoms with Crippen molar-refractivity contribution >= 4 is 32.7 Å². The molecule has 168 valence electrons. The van der Waals surface area contributed by atoms with Crippen molar-refractivity contribution < 1.29 is 17.6 Å². The Labute approximate surface area is 186 Å². The van der Waals surface area contributed by atoms with Gasteiger partial charge in [-0.2, -0.15) is 4.31 Å². The first-order valence-corrected chi connectivity index (χ1v) is 12.0. The third-order valence-electron chi connectivity index (χ3n) is 5.91. The van der Waals surface area contributed by atoms with Gasteiger partial charge in [0, 0.05) is 31.4 Å². The second-order valence-electron chi connectivity index (χ2n) is 7.80. The monoisotopic (exact) mass is 456 g/mol. The topological polar surface area (TPSA) is 83.5 Å². The molecule has 2 aromatic carbocycles. The number of carbonyl (C=O) groups is 1. The summed E-state index contributed by atoms with van der Waals surface area (Å²) in [6, 6.07) is 7.26. The van der Waals surface area contributed by atoms with Crippen molar-refractivity contribution in [1.29, 1.82) is 0 Å². The van der Waals surface area contributed by atoms with Gasteiger partial charge >= 0.3 is 0 Å². The molecule has 0 bridgehead atoms. The molecular formula is C23H25FN4O3S. The van der Waals surface area contributed by atoms with Gasteiger partial charge in [-0.1, -0.05) is 13.8 Å². The fourth-order valence-corrected chi connectivity index (χ4v) is 5.58. The van der Waals surface area contributed by atoms with Gasteiger partial charge in [-0.25, -0.2) is 22.8 Å². The lowest BCUT2D eigenvalue weighted by Crippen LogP contribution is -2.31. The van der Waals surface area contributed by atoms with E-state index in [-0.39, 0.29) is 16.4 Å². The second-order valence-corrected chi connectivity index (χ2v) is 9.74. The lowest BCUT2D eigenvalue weighted by molar-refractivity contribution is 0.0990. The van der Waals surface area contributed by atoms with Gasteiger partial charge in [-0.05, 0) is 50.1 Å². The van der Waals surface area contributed by atoms with Gasteiger partial charge < -0.3 is 4.90 Å². The summed E-state index contributed by atoms with van der Waals surface area (Å²) in [5.41, 5.74) is 3.57. The smallest absolute Gasteiger partial charge is 0.260 e. The van der Waals surface area contributed by atoms with E-state index in [1.165, 1.54) is 22.5 Å². The van der Waals surface area contributed by atoms with Crippen LogP contribution in [0.2, 0.25) is 0 Å². The third-order valence-corrected chi connectivity index (χ3v) is 7.96. The van der Waals surface area contributed by atoms with Crippen LogP contribution in [0.3, 0.4) is 0 Å². The van der Waals surface area contributed by atoms with E-state index < -0.39 is 15.8 Å². The van der Waals surface area contributed by atoms with Crippen molar-refractivity contribution in [2.24, 2.45) is 0 Å². The number of nitrogens with zero attached hydrogens (tertiary/aromatic N) is 4. The molecule has 9 heteroatoms. The van der Waals surface area contributed by atoms with E-state index >= 15 is 0 Å². The summed E-state index contributed by atoms with van der Waals surface area (Å²) >= 11 is 0. The molecule has 0 atom stereocenters. The van der Waals surface area contributed by atoms with Gasteiger partial charge in [-0.15, -0.1) is 0 Å². The number of hydrogen-bond donors (Lipinski definition) is 0. The van der Waals surface area contributed by atoms with Crippen LogP contribution in [-0.2, 0) is 16.4 Å². The van der Waals surface area contributed by atoms with Crippen molar-refractivity contribution in [3.05, 3.63) is 58.7 Å². The van der Waals surface area contributed by atoms with Gasteiger partial charge in [0.15, 0.2) is 0 Å². The summed E-state index contributed by atoms with van der Waals surface area (Å²) < 4.78 is 41.4. The molecule has 0 radical (unpaired) electrons. The number of aryl methyl sites for hydroxylation is 2. The zero-order chi connectivity index (χ0) is 23.2. The van der Waals surface area contributed by atoms with Crippen molar-refractivity contribution in [1.82, 2.24) is 14.3 Å². The Morgan fingerprint density at radius 1 is 1.09 bits per heavy atom. The van der Waals surface area contributed by atoms with E-state index in [2.05, 4.69) is 9.97 Å². The molecule has 1 aliphatic rings. The Kier molecular flexibility index (Phi) is 5.72. The highest BCUT2D eigenvalue weighted by Crippen LogP contribution is 2.33. The number of anilines is 1. The van der Waals surface area contributed by atoms with Crippen LogP contribution in [-0.4, -0.2) is 48.2 Å². The predicted molar refractivity (Wildman–Crippen MR) is 121 cm³/mol. The van der Waals surface area contributed by atoms with Gasteiger partial charge in [0.25, 0.3) is 5.91 Å². The molecule has 7 nitrogen and oxygen atoms in total. The maximum atomic E-state index is 14.3. The largest absolute Gasteiger partial charge is 0.308 e. The standard InChI is InChI=1S/C23H25FN4O3S/c1-5-27(6-2)32(30,31)18-7-8-21-16(11-18)9-10-28(21)23(29)19-12-17(24)13-20-22(19)26-15(4)14(3)25-20/h7-8,11-13H,5-6,9-10H2,1-4H3. The van der Waals surface area contributed by atoms with E-state index in [9.17, 15) is 17.6 Å². The molecule has 1 amide bonds. The summed E-state index contributed by atoms with van der Waals surface area (Å²) in [5, 5.41) is 0. The average Bonchev–Trinajstić information content (AvgIpc) is 3.18. The molecule has 1 aromatic heterocycles. The van der Waals surface area contributed by atoms with Crippen LogP contribution in [0.25, 0.3) is 11.0 Å². The number of benzene rings is 2. The molecule has 3 aromatic rings. The first-order valence-electron chi connectivity index (χ1n) is 10.6. The first-order chi connectivity index (χ1) is 15.2. The van der Waals surface area contributed by atoms with Crippen molar-refractivity contribution in [3.63, 3.8) is 0 Å². The molecule has 0 spiro atoms. The van der Waals surface area contributed by atoms with Gasteiger partial charge in [-0.3, -0.25) is 4.79 Å². The molecule has 0 N–H and O–H groups in total. The number of rotatable bonds is 5. The minimum Gasteiger partial charge on any atom is -0.308 e. The highest BCUT2D eigenvalue weighted by Gasteiger charge is 2.30. The highest BCUT2D eigenvalue weighted by molar-refractivity contribution is 7.89. The van der Waals surface area contributed by atoms with Crippen molar-refractivity contribution in [3.8, 4) is 0 Å². The number of aromatic nitrogens is 2.